The molecule has 0 spiro atoms. The lowest BCUT2D eigenvalue weighted by atomic mass is 10.1. The number of carbonyl (C=O) groups is 1. The van der Waals surface area contributed by atoms with Crippen LogP contribution in [0.15, 0.2) is 60.8 Å². The van der Waals surface area contributed by atoms with Gasteiger partial charge in [-0.15, -0.1) is 0 Å². The van der Waals surface area contributed by atoms with Crippen LogP contribution in [0.2, 0.25) is 0 Å². The average molecular weight is 280 g/mol. The number of hydrogen-bond acceptors (Lipinski definition) is 1. The summed E-state index contributed by atoms with van der Waals surface area (Å²) in [6, 6.07) is 17.6. The van der Waals surface area contributed by atoms with Gasteiger partial charge >= 0.3 is 6.03 Å². The van der Waals surface area contributed by atoms with E-state index in [1.165, 1.54) is 5.56 Å². The van der Waals surface area contributed by atoms with E-state index in [1.54, 1.807) is 11.1 Å². The minimum absolute atomic E-state index is 0.132. The molecular weight excluding hydrogens is 260 g/mol. The van der Waals surface area contributed by atoms with Crippen molar-refractivity contribution in [1.29, 1.82) is 0 Å². The predicted octanol–water partition coefficient (Wildman–Crippen LogP) is 4.20. The maximum atomic E-state index is 12.2. The van der Waals surface area contributed by atoms with Crippen molar-refractivity contribution in [3.05, 3.63) is 71.9 Å². The molecule has 0 aliphatic heterocycles. The highest BCUT2D eigenvalue weighted by atomic mass is 16.2. The zero-order valence-corrected chi connectivity index (χ0v) is 12.4. The monoisotopic (exact) mass is 280 g/mol. The van der Waals surface area contributed by atoms with Crippen LogP contribution in [0, 0.1) is 6.92 Å². The van der Waals surface area contributed by atoms with Crippen molar-refractivity contribution in [3.63, 3.8) is 0 Å². The maximum absolute atomic E-state index is 12.2. The van der Waals surface area contributed by atoms with Gasteiger partial charge in [-0.25, -0.2) is 4.79 Å². The van der Waals surface area contributed by atoms with E-state index < -0.39 is 0 Å². The third kappa shape index (κ3) is 4.21. The number of hydrogen-bond donors (Lipinski definition) is 1. The Hall–Kier alpha value is -2.55. The molecule has 2 aromatic rings. The van der Waals surface area contributed by atoms with E-state index in [-0.39, 0.29) is 6.03 Å². The third-order valence-electron chi connectivity index (χ3n) is 3.19. The van der Waals surface area contributed by atoms with E-state index in [0.717, 1.165) is 11.3 Å². The SMILES string of the molecule is CCN(C(=O)N/C=C/c1ccc(C)cc1)c1ccccc1. The van der Waals surface area contributed by atoms with Crippen LogP contribution in [0.4, 0.5) is 10.5 Å². The number of carbonyl (C=O) groups excluding carboxylic acids is 1. The lowest BCUT2D eigenvalue weighted by molar-refractivity contribution is 0.249. The fraction of sp³-hybridized carbons (Fsp3) is 0.167. The first-order chi connectivity index (χ1) is 10.2. The summed E-state index contributed by atoms with van der Waals surface area (Å²) in [6.07, 6.45) is 3.56. The normalized spacial score (nSPS) is 10.6. The highest BCUT2D eigenvalue weighted by Gasteiger charge is 2.11. The second-order valence-electron chi connectivity index (χ2n) is 4.77. The van der Waals surface area contributed by atoms with Crippen molar-refractivity contribution in [2.75, 3.05) is 11.4 Å². The molecule has 0 atom stereocenters. The molecule has 21 heavy (non-hydrogen) atoms. The number of nitrogens with one attached hydrogen (secondary N) is 1. The van der Waals surface area contributed by atoms with Gasteiger partial charge in [-0.05, 0) is 37.6 Å². The Bertz CT molecular complexity index is 603. The molecule has 0 aromatic heterocycles. The number of urea groups is 1. The number of nitrogens with zero attached hydrogens (tertiary/aromatic N) is 1. The smallest absolute Gasteiger partial charge is 0.314 e. The Balaban J connectivity index is 1.98. The molecule has 0 radical (unpaired) electrons. The van der Waals surface area contributed by atoms with Crippen molar-refractivity contribution in [3.8, 4) is 0 Å². The van der Waals surface area contributed by atoms with Crippen molar-refractivity contribution in [2.24, 2.45) is 0 Å². The predicted molar refractivity (Wildman–Crippen MR) is 88.2 cm³/mol. The van der Waals surface area contributed by atoms with Gasteiger partial charge in [-0.1, -0.05) is 48.0 Å². The molecule has 0 saturated carbocycles. The summed E-state index contributed by atoms with van der Waals surface area (Å²) >= 11 is 0. The Morgan fingerprint density at radius 3 is 2.38 bits per heavy atom. The average Bonchev–Trinajstić information content (AvgIpc) is 2.51. The molecule has 2 rings (SSSR count). The second-order valence-corrected chi connectivity index (χ2v) is 4.77. The van der Waals surface area contributed by atoms with Gasteiger partial charge in [0, 0.05) is 18.4 Å². The summed E-state index contributed by atoms with van der Waals surface area (Å²) in [4.78, 5) is 13.9. The van der Waals surface area contributed by atoms with Crippen LogP contribution in [0.5, 0.6) is 0 Å². The molecule has 3 nitrogen and oxygen atoms in total. The van der Waals surface area contributed by atoms with Crippen LogP contribution in [0.3, 0.4) is 0 Å². The first-order valence-electron chi connectivity index (χ1n) is 7.07. The summed E-state index contributed by atoms with van der Waals surface area (Å²) in [5.41, 5.74) is 3.17. The number of rotatable bonds is 4. The Kier molecular flexibility index (Phi) is 5.16. The molecule has 0 bridgehead atoms. The van der Waals surface area contributed by atoms with Gasteiger partial charge in [-0.2, -0.15) is 0 Å². The van der Waals surface area contributed by atoms with Gasteiger partial charge in [-0.3, -0.25) is 4.90 Å². The van der Waals surface area contributed by atoms with E-state index in [4.69, 9.17) is 0 Å². The van der Waals surface area contributed by atoms with Crippen molar-refractivity contribution in [1.82, 2.24) is 5.32 Å². The molecule has 1 N–H and O–H groups in total. The lowest BCUT2D eigenvalue weighted by Gasteiger charge is -2.20. The molecule has 0 saturated heterocycles. The number of amides is 2. The van der Waals surface area contributed by atoms with Gasteiger partial charge in [0.1, 0.15) is 0 Å². The van der Waals surface area contributed by atoms with E-state index in [2.05, 4.69) is 5.32 Å². The van der Waals surface area contributed by atoms with E-state index >= 15 is 0 Å². The van der Waals surface area contributed by atoms with Crippen molar-refractivity contribution < 1.29 is 4.79 Å². The van der Waals surface area contributed by atoms with Crippen LogP contribution in [0.25, 0.3) is 6.08 Å². The highest BCUT2D eigenvalue weighted by molar-refractivity contribution is 5.92. The molecule has 0 aliphatic carbocycles. The summed E-state index contributed by atoms with van der Waals surface area (Å²) in [7, 11) is 0. The number of benzene rings is 2. The largest absolute Gasteiger partial charge is 0.325 e. The Morgan fingerprint density at radius 2 is 1.76 bits per heavy atom. The minimum Gasteiger partial charge on any atom is -0.314 e. The Labute approximate surface area is 125 Å². The van der Waals surface area contributed by atoms with Gasteiger partial charge in [0.15, 0.2) is 0 Å². The summed E-state index contributed by atoms with van der Waals surface area (Å²) in [5, 5.41) is 2.80. The van der Waals surface area contributed by atoms with Gasteiger partial charge in [0.25, 0.3) is 0 Å². The summed E-state index contributed by atoms with van der Waals surface area (Å²) in [6.45, 7) is 4.62. The minimum atomic E-state index is -0.132. The quantitative estimate of drug-likeness (QED) is 0.894. The molecule has 0 unspecified atom stereocenters. The molecule has 2 amide bonds. The van der Waals surface area contributed by atoms with E-state index in [9.17, 15) is 4.79 Å². The number of anilines is 1. The maximum Gasteiger partial charge on any atom is 0.325 e. The fourth-order valence-electron chi connectivity index (χ4n) is 2.02. The van der Waals surface area contributed by atoms with Crippen molar-refractivity contribution in [2.45, 2.75) is 13.8 Å². The molecular formula is C18H20N2O. The van der Waals surface area contributed by atoms with Crippen LogP contribution in [-0.2, 0) is 0 Å². The summed E-state index contributed by atoms with van der Waals surface area (Å²) < 4.78 is 0. The van der Waals surface area contributed by atoms with Crippen LogP contribution >= 0.6 is 0 Å². The van der Waals surface area contributed by atoms with Gasteiger partial charge in [0.2, 0.25) is 0 Å². The van der Waals surface area contributed by atoms with Crippen LogP contribution < -0.4 is 10.2 Å². The number of aryl methyl sites for hydroxylation is 1. The van der Waals surface area contributed by atoms with Crippen LogP contribution in [-0.4, -0.2) is 12.6 Å². The molecule has 0 fully saturated rings. The van der Waals surface area contributed by atoms with Gasteiger partial charge < -0.3 is 5.32 Å². The second kappa shape index (κ2) is 7.29. The molecule has 0 aliphatic rings. The zero-order valence-electron chi connectivity index (χ0n) is 12.4. The topological polar surface area (TPSA) is 32.3 Å². The van der Waals surface area contributed by atoms with Crippen molar-refractivity contribution >= 4 is 17.8 Å². The first-order valence-corrected chi connectivity index (χ1v) is 7.07. The van der Waals surface area contributed by atoms with Crippen LogP contribution in [0.1, 0.15) is 18.1 Å². The third-order valence-corrected chi connectivity index (χ3v) is 3.19. The first kappa shape index (κ1) is 14.9. The standard InChI is InChI=1S/C18H20N2O/c1-3-20(17-7-5-4-6-8-17)18(21)19-14-13-16-11-9-15(2)10-12-16/h4-14H,3H2,1-2H3,(H,19,21)/b14-13+. The number of para-hydroxylation sites is 1. The zero-order chi connectivity index (χ0) is 15.1. The van der Waals surface area contributed by atoms with Gasteiger partial charge in [0.05, 0.1) is 0 Å². The van der Waals surface area contributed by atoms with E-state index in [1.807, 2.05) is 74.5 Å². The molecule has 108 valence electrons. The summed E-state index contributed by atoms with van der Waals surface area (Å²) in [5.74, 6) is 0. The molecule has 2 aromatic carbocycles. The molecule has 3 heteroatoms. The fourth-order valence-corrected chi connectivity index (χ4v) is 2.02. The highest BCUT2D eigenvalue weighted by Crippen LogP contribution is 2.12. The Morgan fingerprint density at radius 1 is 1.10 bits per heavy atom. The molecule has 0 heterocycles. The van der Waals surface area contributed by atoms with E-state index in [0.29, 0.717) is 6.54 Å². The lowest BCUT2D eigenvalue weighted by Crippen LogP contribution is -2.37.